The summed E-state index contributed by atoms with van der Waals surface area (Å²) < 4.78 is 11.2. The van der Waals surface area contributed by atoms with E-state index in [9.17, 15) is 0 Å². The molecule has 156 valence electrons. The standard InChI is InChI=1S/C21H32N4O2.HI/c1-15-7-9-16(10-8-15)19-25-17(14-27-19)11-12-23-20(22-5)24-13-18(26-6)21(2,3)4;/h7-10,14,18H,11-13H2,1-6H3,(H2,22,23,24);1H. The summed E-state index contributed by atoms with van der Waals surface area (Å²) in [5.74, 6) is 1.41. The van der Waals surface area contributed by atoms with Crippen LogP contribution in [0, 0.1) is 12.3 Å². The Morgan fingerprint density at radius 1 is 1.21 bits per heavy atom. The molecule has 6 nitrogen and oxygen atoms in total. The number of hydrogen-bond donors (Lipinski definition) is 2. The fourth-order valence-electron chi connectivity index (χ4n) is 2.71. The third-order valence-corrected chi connectivity index (χ3v) is 4.45. The average Bonchev–Trinajstić information content (AvgIpc) is 3.09. The quantitative estimate of drug-likeness (QED) is 0.341. The predicted octanol–water partition coefficient (Wildman–Crippen LogP) is 4.04. The summed E-state index contributed by atoms with van der Waals surface area (Å²) in [6.07, 6.45) is 2.57. The number of oxazole rings is 1. The molecule has 0 aliphatic carbocycles. The van der Waals surface area contributed by atoms with Crippen LogP contribution in [0.1, 0.15) is 32.0 Å². The molecule has 0 aliphatic rings. The van der Waals surface area contributed by atoms with Gasteiger partial charge >= 0.3 is 0 Å². The van der Waals surface area contributed by atoms with Gasteiger partial charge in [0.05, 0.1) is 11.8 Å². The maximum atomic E-state index is 5.60. The highest BCUT2D eigenvalue weighted by molar-refractivity contribution is 14.0. The van der Waals surface area contributed by atoms with Gasteiger partial charge < -0.3 is 19.8 Å². The molecule has 0 saturated carbocycles. The van der Waals surface area contributed by atoms with Crippen LogP contribution in [-0.2, 0) is 11.2 Å². The van der Waals surface area contributed by atoms with Crippen molar-refractivity contribution in [2.24, 2.45) is 10.4 Å². The van der Waals surface area contributed by atoms with E-state index in [2.05, 4.69) is 60.4 Å². The van der Waals surface area contributed by atoms with Crippen LogP contribution in [0.25, 0.3) is 11.5 Å². The van der Waals surface area contributed by atoms with E-state index in [0.717, 1.165) is 23.6 Å². The maximum absolute atomic E-state index is 5.60. The number of benzene rings is 1. The summed E-state index contributed by atoms with van der Waals surface area (Å²) in [6, 6.07) is 8.16. The molecule has 2 aromatic rings. The zero-order chi connectivity index (χ0) is 19.9. The number of methoxy groups -OCH3 is 1. The van der Waals surface area contributed by atoms with Crippen LogP contribution in [0.2, 0.25) is 0 Å². The Balaban J connectivity index is 0.00000392. The van der Waals surface area contributed by atoms with Crippen LogP contribution in [0.5, 0.6) is 0 Å². The van der Waals surface area contributed by atoms with Crippen molar-refractivity contribution < 1.29 is 9.15 Å². The summed E-state index contributed by atoms with van der Waals surface area (Å²) in [5.41, 5.74) is 3.19. The molecule has 28 heavy (non-hydrogen) atoms. The van der Waals surface area contributed by atoms with Crippen molar-refractivity contribution in [1.82, 2.24) is 15.6 Å². The van der Waals surface area contributed by atoms with Gasteiger partial charge in [-0.05, 0) is 24.5 Å². The number of nitrogens with zero attached hydrogens (tertiary/aromatic N) is 2. The van der Waals surface area contributed by atoms with Crippen molar-refractivity contribution in [3.8, 4) is 11.5 Å². The number of hydrogen-bond acceptors (Lipinski definition) is 4. The van der Waals surface area contributed by atoms with Gasteiger partial charge in [-0.15, -0.1) is 24.0 Å². The molecule has 2 N–H and O–H groups in total. The van der Waals surface area contributed by atoms with E-state index in [-0.39, 0.29) is 35.5 Å². The highest BCUT2D eigenvalue weighted by Crippen LogP contribution is 2.21. The molecule has 0 radical (unpaired) electrons. The van der Waals surface area contributed by atoms with E-state index in [1.54, 1.807) is 20.4 Å². The lowest BCUT2D eigenvalue weighted by molar-refractivity contribution is 0.0205. The van der Waals surface area contributed by atoms with Gasteiger partial charge in [0.2, 0.25) is 5.89 Å². The first-order chi connectivity index (χ1) is 12.8. The van der Waals surface area contributed by atoms with E-state index < -0.39 is 0 Å². The fraction of sp³-hybridized carbons (Fsp3) is 0.524. The van der Waals surface area contributed by atoms with Crippen molar-refractivity contribution in [1.29, 1.82) is 0 Å². The van der Waals surface area contributed by atoms with E-state index >= 15 is 0 Å². The summed E-state index contributed by atoms with van der Waals surface area (Å²) in [6.45, 7) is 9.96. The van der Waals surface area contributed by atoms with Crippen molar-refractivity contribution in [2.45, 2.75) is 40.2 Å². The second-order valence-corrected chi connectivity index (χ2v) is 7.73. The molecule has 0 fully saturated rings. The second kappa shape index (κ2) is 11.4. The molecule has 7 heteroatoms. The van der Waals surface area contributed by atoms with Crippen LogP contribution < -0.4 is 10.6 Å². The fourth-order valence-corrected chi connectivity index (χ4v) is 2.71. The third-order valence-electron chi connectivity index (χ3n) is 4.45. The minimum Gasteiger partial charge on any atom is -0.444 e. The van der Waals surface area contributed by atoms with E-state index in [4.69, 9.17) is 9.15 Å². The summed E-state index contributed by atoms with van der Waals surface area (Å²) in [4.78, 5) is 8.83. The first-order valence-corrected chi connectivity index (χ1v) is 9.32. The molecule has 1 aromatic carbocycles. The average molecular weight is 500 g/mol. The maximum Gasteiger partial charge on any atom is 0.226 e. The Morgan fingerprint density at radius 3 is 2.46 bits per heavy atom. The van der Waals surface area contributed by atoms with E-state index in [1.807, 2.05) is 12.1 Å². The molecule has 1 unspecified atom stereocenters. The molecule has 0 spiro atoms. The number of aromatic nitrogens is 1. The molecular formula is C21H33IN4O2. The van der Waals surface area contributed by atoms with Crippen LogP contribution in [0.4, 0.5) is 0 Å². The van der Waals surface area contributed by atoms with Gasteiger partial charge in [0.25, 0.3) is 0 Å². The van der Waals surface area contributed by atoms with Crippen molar-refractivity contribution in [3.05, 3.63) is 41.8 Å². The first kappa shape index (κ1) is 24.4. The number of guanidine groups is 1. The molecular weight excluding hydrogens is 467 g/mol. The van der Waals surface area contributed by atoms with Gasteiger partial charge in [0, 0.05) is 39.2 Å². The summed E-state index contributed by atoms with van der Waals surface area (Å²) in [5, 5.41) is 6.63. The van der Waals surface area contributed by atoms with Gasteiger partial charge in [0.15, 0.2) is 5.96 Å². The number of nitrogens with one attached hydrogen (secondary N) is 2. The molecule has 0 amide bonds. The zero-order valence-corrected chi connectivity index (χ0v) is 20.0. The van der Waals surface area contributed by atoms with Crippen LogP contribution in [0.15, 0.2) is 39.9 Å². The lowest BCUT2D eigenvalue weighted by Crippen LogP contribution is -2.45. The Kier molecular flexibility index (Phi) is 9.95. The van der Waals surface area contributed by atoms with Crippen LogP contribution in [-0.4, -0.2) is 44.3 Å². The number of aliphatic imine (C=N–C) groups is 1. The monoisotopic (exact) mass is 500 g/mol. The number of halogens is 1. The van der Waals surface area contributed by atoms with Crippen molar-refractivity contribution >= 4 is 29.9 Å². The first-order valence-electron chi connectivity index (χ1n) is 9.32. The van der Waals surface area contributed by atoms with Gasteiger partial charge in [-0.2, -0.15) is 0 Å². The van der Waals surface area contributed by atoms with Gasteiger partial charge in [-0.1, -0.05) is 38.5 Å². The Hall–Kier alpha value is -1.61. The number of ether oxygens (including phenoxy) is 1. The topological polar surface area (TPSA) is 71.7 Å². The SMILES string of the molecule is CN=C(NCCc1coc(-c2ccc(C)cc2)n1)NCC(OC)C(C)(C)C.I. The van der Waals surface area contributed by atoms with Gasteiger partial charge in [-0.3, -0.25) is 4.99 Å². The largest absolute Gasteiger partial charge is 0.444 e. The summed E-state index contributed by atoms with van der Waals surface area (Å²) >= 11 is 0. The lowest BCUT2D eigenvalue weighted by Gasteiger charge is -2.30. The number of aryl methyl sites for hydroxylation is 1. The van der Waals surface area contributed by atoms with Crippen molar-refractivity contribution in [2.75, 3.05) is 27.2 Å². The lowest BCUT2D eigenvalue weighted by atomic mass is 9.89. The molecule has 1 aromatic heterocycles. The van der Waals surface area contributed by atoms with E-state index in [0.29, 0.717) is 19.0 Å². The molecule has 0 saturated heterocycles. The molecule has 0 bridgehead atoms. The van der Waals surface area contributed by atoms with Crippen LogP contribution in [0.3, 0.4) is 0 Å². The second-order valence-electron chi connectivity index (χ2n) is 7.73. The Bertz CT molecular complexity index is 736. The highest BCUT2D eigenvalue weighted by Gasteiger charge is 2.24. The Morgan fingerprint density at radius 2 is 1.89 bits per heavy atom. The normalized spacial score (nSPS) is 13.0. The van der Waals surface area contributed by atoms with Crippen LogP contribution >= 0.6 is 24.0 Å². The number of rotatable bonds is 7. The zero-order valence-electron chi connectivity index (χ0n) is 17.7. The van der Waals surface area contributed by atoms with E-state index in [1.165, 1.54) is 5.56 Å². The van der Waals surface area contributed by atoms with Gasteiger partial charge in [0.1, 0.15) is 6.26 Å². The smallest absolute Gasteiger partial charge is 0.226 e. The molecule has 0 aliphatic heterocycles. The molecule has 1 atom stereocenters. The Labute approximate surface area is 185 Å². The predicted molar refractivity (Wildman–Crippen MR) is 125 cm³/mol. The molecule has 2 rings (SSSR count). The summed E-state index contributed by atoms with van der Waals surface area (Å²) in [7, 11) is 3.50. The minimum atomic E-state index is 0. The van der Waals surface area contributed by atoms with Crippen molar-refractivity contribution in [3.63, 3.8) is 0 Å². The highest BCUT2D eigenvalue weighted by atomic mass is 127. The molecule has 1 heterocycles. The van der Waals surface area contributed by atoms with Gasteiger partial charge in [-0.25, -0.2) is 4.98 Å². The third kappa shape index (κ3) is 7.43. The minimum absolute atomic E-state index is 0.